The number of fused-ring (bicyclic) bond motifs is 3. The Morgan fingerprint density at radius 1 is 0.897 bits per heavy atom. The molecular formula is C25H22N2O2. The lowest BCUT2D eigenvalue weighted by Crippen LogP contribution is -2.33. The first kappa shape index (κ1) is 17.7. The van der Waals surface area contributed by atoms with Crippen molar-refractivity contribution in [1.29, 1.82) is 0 Å². The number of carbonyl (C=O) groups is 1. The van der Waals surface area contributed by atoms with Gasteiger partial charge in [0.2, 0.25) is 0 Å². The van der Waals surface area contributed by atoms with Gasteiger partial charge in [-0.05, 0) is 41.0 Å². The lowest BCUT2D eigenvalue weighted by Gasteiger charge is -2.29. The molecule has 1 N–H and O–H groups in total. The monoisotopic (exact) mass is 382 g/mol. The molecule has 0 aliphatic carbocycles. The van der Waals surface area contributed by atoms with Crippen LogP contribution in [0.4, 0.5) is 0 Å². The van der Waals surface area contributed by atoms with Crippen LogP contribution in [0.2, 0.25) is 0 Å². The predicted octanol–water partition coefficient (Wildman–Crippen LogP) is 5.02. The molecule has 2 heterocycles. The van der Waals surface area contributed by atoms with Gasteiger partial charge < -0.3 is 9.67 Å². The molecule has 4 nitrogen and oxygen atoms in total. The Morgan fingerprint density at radius 2 is 1.69 bits per heavy atom. The molecule has 4 aromatic rings. The second-order valence-electron chi connectivity index (χ2n) is 7.60. The molecule has 0 radical (unpaired) electrons. The normalized spacial score (nSPS) is 14.1. The molecule has 0 spiro atoms. The van der Waals surface area contributed by atoms with Crippen molar-refractivity contribution in [3.63, 3.8) is 0 Å². The van der Waals surface area contributed by atoms with E-state index in [0.29, 0.717) is 5.56 Å². The average Bonchev–Trinajstić information content (AvgIpc) is 3.11. The molecule has 4 heteroatoms. The Labute approximate surface area is 169 Å². The number of hydrogen-bond acceptors (Lipinski definition) is 2. The van der Waals surface area contributed by atoms with Gasteiger partial charge >= 0.3 is 5.97 Å². The van der Waals surface area contributed by atoms with Crippen LogP contribution in [-0.4, -0.2) is 27.1 Å². The summed E-state index contributed by atoms with van der Waals surface area (Å²) < 4.78 is 2.32. The molecule has 29 heavy (non-hydrogen) atoms. The van der Waals surface area contributed by atoms with E-state index in [1.54, 1.807) is 12.1 Å². The molecule has 5 rings (SSSR count). The molecule has 0 unspecified atom stereocenters. The van der Waals surface area contributed by atoms with E-state index in [1.807, 2.05) is 12.1 Å². The standard InChI is InChI=1S/C25H22N2O2/c28-25(29)19-10-11-24-21(14-19)15-22-17-26(12-13-27(22)24)16-20-8-4-5-9-23(20)18-6-2-1-3-7-18/h1-11,14-15H,12-13,16-17H2,(H,28,29). The fraction of sp³-hybridized carbons (Fsp3) is 0.160. The number of hydrogen-bond donors (Lipinski definition) is 1. The number of carboxylic acid groups (broad SMARTS) is 1. The Kier molecular flexibility index (Phi) is 4.41. The number of benzene rings is 3. The summed E-state index contributed by atoms with van der Waals surface area (Å²) in [7, 11) is 0. The van der Waals surface area contributed by atoms with E-state index in [0.717, 1.165) is 37.1 Å². The van der Waals surface area contributed by atoms with Gasteiger partial charge in [0.05, 0.1) is 5.56 Å². The van der Waals surface area contributed by atoms with E-state index in [-0.39, 0.29) is 0 Å². The lowest BCUT2D eigenvalue weighted by molar-refractivity contribution is 0.0697. The third-order valence-corrected chi connectivity index (χ3v) is 5.76. The van der Waals surface area contributed by atoms with E-state index < -0.39 is 5.97 Å². The van der Waals surface area contributed by atoms with Crippen LogP contribution in [0.3, 0.4) is 0 Å². The molecule has 1 aromatic heterocycles. The van der Waals surface area contributed by atoms with Crippen LogP contribution in [0.15, 0.2) is 78.9 Å². The van der Waals surface area contributed by atoms with Crippen LogP contribution in [0.5, 0.6) is 0 Å². The van der Waals surface area contributed by atoms with Crippen LogP contribution in [-0.2, 0) is 19.6 Å². The van der Waals surface area contributed by atoms with E-state index in [2.05, 4.69) is 64.1 Å². The fourth-order valence-electron chi connectivity index (χ4n) is 4.34. The van der Waals surface area contributed by atoms with E-state index in [9.17, 15) is 9.90 Å². The highest BCUT2D eigenvalue weighted by atomic mass is 16.4. The third kappa shape index (κ3) is 3.32. The van der Waals surface area contributed by atoms with Crippen molar-refractivity contribution in [2.75, 3.05) is 6.54 Å². The molecule has 0 amide bonds. The van der Waals surface area contributed by atoms with E-state index >= 15 is 0 Å². The fourth-order valence-corrected chi connectivity index (χ4v) is 4.34. The third-order valence-electron chi connectivity index (χ3n) is 5.76. The number of nitrogens with zero attached hydrogens (tertiary/aromatic N) is 2. The zero-order chi connectivity index (χ0) is 19.8. The van der Waals surface area contributed by atoms with Crippen molar-refractivity contribution in [1.82, 2.24) is 9.47 Å². The first-order valence-corrected chi connectivity index (χ1v) is 9.90. The highest BCUT2D eigenvalue weighted by molar-refractivity contribution is 5.94. The second kappa shape index (κ2) is 7.22. The van der Waals surface area contributed by atoms with Crippen molar-refractivity contribution in [3.05, 3.63) is 95.7 Å². The molecule has 0 atom stereocenters. The molecule has 0 fully saturated rings. The topological polar surface area (TPSA) is 45.5 Å². The maximum atomic E-state index is 11.3. The van der Waals surface area contributed by atoms with Crippen LogP contribution in [0.25, 0.3) is 22.0 Å². The molecule has 1 aliphatic rings. The Hall–Kier alpha value is -3.37. The summed E-state index contributed by atoms with van der Waals surface area (Å²) in [4.78, 5) is 13.7. The Morgan fingerprint density at radius 3 is 2.52 bits per heavy atom. The quantitative estimate of drug-likeness (QED) is 0.539. The highest BCUT2D eigenvalue weighted by Crippen LogP contribution is 2.28. The van der Waals surface area contributed by atoms with Crippen molar-refractivity contribution in [2.45, 2.75) is 19.6 Å². The molecule has 1 aliphatic heterocycles. The zero-order valence-corrected chi connectivity index (χ0v) is 16.1. The van der Waals surface area contributed by atoms with Crippen molar-refractivity contribution in [3.8, 4) is 11.1 Å². The summed E-state index contributed by atoms with van der Waals surface area (Å²) >= 11 is 0. The van der Waals surface area contributed by atoms with Gasteiger partial charge in [-0.15, -0.1) is 0 Å². The summed E-state index contributed by atoms with van der Waals surface area (Å²) in [6.07, 6.45) is 0. The molecular weight excluding hydrogens is 360 g/mol. The Balaban J connectivity index is 1.42. The van der Waals surface area contributed by atoms with Crippen molar-refractivity contribution < 1.29 is 9.90 Å². The van der Waals surface area contributed by atoms with Crippen molar-refractivity contribution >= 4 is 16.9 Å². The first-order valence-electron chi connectivity index (χ1n) is 9.90. The Bertz CT molecular complexity index is 1190. The molecule has 0 saturated heterocycles. The van der Waals surface area contributed by atoms with E-state index in [4.69, 9.17) is 0 Å². The van der Waals surface area contributed by atoms with Crippen LogP contribution in [0.1, 0.15) is 21.6 Å². The van der Waals surface area contributed by atoms with Gasteiger partial charge in [-0.3, -0.25) is 4.90 Å². The first-order chi connectivity index (χ1) is 14.2. The van der Waals surface area contributed by atoms with Crippen LogP contribution >= 0.6 is 0 Å². The largest absolute Gasteiger partial charge is 0.478 e. The van der Waals surface area contributed by atoms with Gasteiger partial charge in [0.15, 0.2) is 0 Å². The summed E-state index contributed by atoms with van der Waals surface area (Å²) in [6.45, 7) is 3.65. The van der Waals surface area contributed by atoms with Gasteiger partial charge in [-0.1, -0.05) is 54.6 Å². The maximum Gasteiger partial charge on any atom is 0.335 e. The minimum absolute atomic E-state index is 0.342. The highest BCUT2D eigenvalue weighted by Gasteiger charge is 2.20. The van der Waals surface area contributed by atoms with Crippen molar-refractivity contribution in [2.24, 2.45) is 0 Å². The second-order valence-corrected chi connectivity index (χ2v) is 7.60. The van der Waals surface area contributed by atoms with Gasteiger partial charge in [0, 0.05) is 42.8 Å². The number of aromatic nitrogens is 1. The number of aromatic carboxylic acids is 1. The van der Waals surface area contributed by atoms with Crippen LogP contribution < -0.4 is 0 Å². The average molecular weight is 382 g/mol. The lowest BCUT2D eigenvalue weighted by atomic mass is 9.99. The molecule has 144 valence electrons. The summed E-state index contributed by atoms with van der Waals surface area (Å²) in [5.74, 6) is -0.879. The minimum Gasteiger partial charge on any atom is -0.478 e. The molecule has 0 saturated carbocycles. The summed E-state index contributed by atoms with van der Waals surface area (Å²) in [5.41, 5.74) is 6.56. The smallest absolute Gasteiger partial charge is 0.335 e. The SMILES string of the molecule is O=C(O)c1ccc2c(c1)cc1n2CCN(Cc2ccccc2-c2ccccc2)C1. The molecule has 3 aromatic carbocycles. The number of carboxylic acids is 1. The molecule has 0 bridgehead atoms. The van der Waals surface area contributed by atoms with Gasteiger partial charge in [-0.2, -0.15) is 0 Å². The number of rotatable bonds is 4. The van der Waals surface area contributed by atoms with Gasteiger partial charge in [0.25, 0.3) is 0 Å². The maximum absolute atomic E-state index is 11.3. The van der Waals surface area contributed by atoms with E-state index in [1.165, 1.54) is 22.4 Å². The van der Waals surface area contributed by atoms with Gasteiger partial charge in [0.1, 0.15) is 0 Å². The zero-order valence-electron chi connectivity index (χ0n) is 16.1. The van der Waals surface area contributed by atoms with Crippen LogP contribution in [0, 0.1) is 0 Å². The summed E-state index contributed by atoms with van der Waals surface area (Å²) in [5, 5.41) is 10.3. The summed E-state index contributed by atoms with van der Waals surface area (Å²) in [6, 6.07) is 26.7. The van der Waals surface area contributed by atoms with Gasteiger partial charge in [-0.25, -0.2) is 4.79 Å². The predicted molar refractivity (Wildman–Crippen MR) is 115 cm³/mol. The minimum atomic E-state index is -0.879.